The van der Waals surface area contributed by atoms with E-state index in [1.54, 1.807) is 6.07 Å². The van der Waals surface area contributed by atoms with Crippen molar-refractivity contribution >= 4 is 58.1 Å². The van der Waals surface area contributed by atoms with Gasteiger partial charge in [-0.05, 0) is 60.2 Å². The standard InChI is InChI=1S/C23H21ClN2O7S/c1-3-8-33-22(30)15-11-14(5-6-16(15)24)25-20(28)12-26-21(29)19(34-23(26)31)10-13-4-7-17(27)18(9-13)32-2/h4-7,9-11,27H,3,8,12H2,1-2H3,(H,25,28)/b19-10+. The van der Waals surface area contributed by atoms with Gasteiger partial charge in [-0.3, -0.25) is 19.3 Å². The summed E-state index contributed by atoms with van der Waals surface area (Å²) in [5.74, 6) is -1.73. The molecule has 0 aliphatic carbocycles. The highest BCUT2D eigenvalue weighted by atomic mass is 35.5. The molecule has 0 radical (unpaired) electrons. The van der Waals surface area contributed by atoms with Crippen LogP contribution in [-0.2, 0) is 14.3 Å². The monoisotopic (exact) mass is 504 g/mol. The molecule has 11 heteroatoms. The quantitative estimate of drug-likeness (QED) is 0.403. The van der Waals surface area contributed by atoms with Crippen LogP contribution in [0.3, 0.4) is 0 Å². The predicted molar refractivity (Wildman–Crippen MR) is 128 cm³/mol. The minimum Gasteiger partial charge on any atom is -0.504 e. The fourth-order valence-corrected chi connectivity index (χ4v) is 3.98. The van der Waals surface area contributed by atoms with Crippen LogP contribution >= 0.6 is 23.4 Å². The number of nitrogens with one attached hydrogen (secondary N) is 1. The summed E-state index contributed by atoms with van der Waals surface area (Å²) >= 11 is 6.75. The van der Waals surface area contributed by atoms with E-state index in [0.29, 0.717) is 23.7 Å². The fraction of sp³-hybridized carbons (Fsp3) is 0.217. The van der Waals surface area contributed by atoms with Crippen LogP contribution in [0.2, 0.25) is 5.02 Å². The number of carbonyl (C=O) groups excluding carboxylic acids is 4. The van der Waals surface area contributed by atoms with Crippen molar-refractivity contribution in [3.05, 3.63) is 57.5 Å². The summed E-state index contributed by atoms with van der Waals surface area (Å²) in [5, 5.41) is 11.8. The molecule has 0 saturated carbocycles. The van der Waals surface area contributed by atoms with Gasteiger partial charge in [0.05, 0.1) is 29.2 Å². The first kappa shape index (κ1) is 25.1. The van der Waals surface area contributed by atoms with Gasteiger partial charge in [-0.2, -0.15) is 0 Å². The van der Waals surface area contributed by atoms with Gasteiger partial charge < -0.3 is 19.9 Å². The van der Waals surface area contributed by atoms with E-state index in [4.69, 9.17) is 21.1 Å². The zero-order valence-electron chi connectivity index (χ0n) is 18.3. The van der Waals surface area contributed by atoms with Gasteiger partial charge in [0.2, 0.25) is 5.91 Å². The van der Waals surface area contributed by atoms with E-state index in [9.17, 15) is 24.3 Å². The number of ether oxygens (including phenoxy) is 2. The molecule has 3 rings (SSSR count). The number of benzene rings is 2. The molecule has 1 saturated heterocycles. The number of phenolic OH excluding ortho intramolecular Hbond substituents is 1. The van der Waals surface area contributed by atoms with Crippen molar-refractivity contribution < 1.29 is 33.8 Å². The molecule has 0 aromatic heterocycles. The van der Waals surface area contributed by atoms with E-state index < -0.39 is 29.6 Å². The summed E-state index contributed by atoms with van der Waals surface area (Å²) in [6, 6.07) is 8.77. The molecule has 0 unspecified atom stereocenters. The Hall–Kier alpha value is -3.50. The molecule has 0 atom stereocenters. The SMILES string of the molecule is CCCOC(=O)c1cc(NC(=O)CN2C(=O)S/C(=C/c3ccc(O)c(OC)c3)C2=O)ccc1Cl. The van der Waals surface area contributed by atoms with Gasteiger partial charge in [-0.15, -0.1) is 0 Å². The second-order valence-corrected chi connectivity index (χ2v) is 8.48. The summed E-state index contributed by atoms with van der Waals surface area (Å²) in [6.45, 7) is 1.57. The highest BCUT2D eigenvalue weighted by Gasteiger charge is 2.36. The average molecular weight is 505 g/mol. The number of amides is 3. The summed E-state index contributed by atoms with van der Waals surface area (Å²) in [6.07, 6.45) is 2.12. The van der Waals surface area contributed by atoms with Crippen molar-refractivity contribution in [1.82, 2.24) is 4.90 Å². The lowest BCUT2D eigenvalue weighted by atomic mass is 10.2. The molecule has 34 heavy (non-hydrogen) atoms. The minimum atomic E-state index is -0.634. The third kappa shape index (κ3) is 5.89. The number of halogens is 1. The van der Waals surface area contributed by atoms with Crippen LogP contribution in [0.4, 0.5) is 10.5 Å². The lowest BCUT2D eigenvalue weighted by molar-refractivity contribution is -0.127. The van der Waals surface area contributed by atoms with Crippen molar-refractivity contribution in [2.45, 2.75) is 13.3 Å². The molecule has 9 nitrogen and oxygen atoms in total. The minimum absolute atomic E-state index is 0.0617. The molecule has 1 heterocycles. The molecular formula is C23H21ClN2O7S. The summed E-state index contributed by atoms with van der Waals surface area (Å²) < 4.78 is 10.1. The zero-order valence-corrected chi connectivity index (χ0v) is 19.9. The van der Waals surface area contributed by atoms with E-state index in [-0.39, 0.29) is 39.3 Å². The maximum Gasteiger partial charge on any atom is 0.339 e. The lowest BCUT2D eigenvalue weighted by Crippen LogP contribution is -2.36. The number of hydrogen-bond donors (Lipinski definition) is 2. The molecule has 1 aliphatic heterocycles. The third-order valence-electron chi connectivity index (χ3n) is 4.58. The predicted octanol–water partition coefficient (Wildman–Crippen LogP) is 4.30. The molecule has 2 aromatic rings. The Morgan fingerprint density at radius 3 is 2.68 bits per heavy atom. The number of thioether (sulfide) groups is 1. The van der Waals surface area contributed by atoms with E-state index in [1.165, 1.54) is 43.5 Å². The Morgan fingerprint density at radius 2 is 1.97 bits per heavy atom. The van der Waals surface area contributed by atoms with Gasteiger partial charge in [0.15, 0.2) is 11.5 Å². The number of anilines is 1. The van der Waals surface area contributed by atoms with Gasteiger partial charge in [-0.1, -0.05) is 24.6 Å². The van der Waals surface area contributed by atoms with Crippen LogP contribution in [0.1, 0.15) is 29.3 Å². The number of esters is 1. The van der Waals surface area contributed by atoms with Gasteiger partial charge in [0, 0.05) is 5.69 Å². The van der Waals surface area contributed by atoms with Crippen molar-refractivity contribution in [3.63, 3.8) is 0 Å². The molecule has 2 aromatic carbocycles. The van der Waals surface area contributed by atoms with Crippen LogP contribution in [-0.4, -0.2) is 53.3 Å². The highest BCUT2D eigenvalue weighted by molar-refractivity contribution is 8.18. The first-order chi connectivity index (χ1) is 16.2. The van der Waals surface area contributed by atoms with Crippen LogP contribution in [0, 0.1) is 0 Å². The Morgan fingerprint density at radius 1 is 1.21 bits per heavy atom. The van der Waals surface area contributed by atoms with E-state index in [2.05, 4.69) is 5.32 Å². The summed E-state index contributed by atoms with van der Waals surface area (Å²) in [7, 11) is 1.39. The van der Waals surface area contributed by atoms with Gasteiger partial charge in [0.1, 0.15) is 6.54 Å². The second-order valence-electron chi connectivity index (χ2n) is 7.08. The Kier molecular flexibility index (Phi) is 8.19. The van der Waals surface area contributed by atoms with Gasteiger partial charge in [-0.25, -0.2) is 4.79 Å². The van der Waals surface area contributed by atoms with E-state index >= 15 is 0 Å². The third-order valence-corrected chi connectivity index (χ3v) is 5.82. The number of hydrogen-bond acceptors (Lipinski definition) is 8. The summed E-state index contributed by atoms with van der Waals surface area (Å²) in [5.41, 5.74) is 0.885. The van der Waals surface area contributed by atoms with Crippen LogP contribution in [0.5, 0.6) is 11.5 Å². The Labute approximate surface area is 204 Å². The maximum absolute atomic E-state index is 12.7. The Balaban J connectivity index is 1.69. The number of rotatable bonds is 8. The molecule has 0 bridgehead atoms. The van der Waals surface area contributed by atoms with Crippen LogP contribution in [0.25, 0.3) is 6.08 Å². The van der Waals surface area contributed by atoms with Crippen LogP contribution in [0.15, 0.2) is 41.3 Å². The fourth-order valence-electron chi connectivity index (χ4n) is 2.95. The normalized spacial score (nSPS) is 14.4. The average Bonchev–Trinajstić information content (AvgIpc) is 3.07. The first-order valence-corrected chi connectivity index (χ1v) is 11.3. The number of methoxy groups -OCH3 is 1. The molecule has 178 valence electrons. The number of imide groups is 1. The second kappa shape index (κ2) is 11.1. The molecule has 0 spiro atoms. The smallest absolute Gasteiger partial charge is 0.339 e. The van der Waals surface area contributed by atoms with Gasteiger partial charge in [0.25, 0.3) is 11.1 Å². The highest BCUT2D eigenvalue weighted by Crippen LogP contribution is 2.34. The summed E-state index contributed by atoms with van der Waals surface area (Å²) in [4.78, 5) is 50.6. The van der Waals surface area contributed by atoms with Gasteiger partial charge >= 0.3 is 5.97 Å². The van der Waals surface area contributed by atoms with E-state index in [1.807, 2.05) is 6.92 Å². The van der Waals surface area contributed by atoms with Crippen molar-refractivity contribution in [2.75, 3.05) is 25.6 Å². The number of phenols is 1. The van der Waals surface area contributed by atoms with Crippen molar-refractivity contribution in [2.24, 2.45) is 0 Å². The molecule has 3 amide bonds. The van der Waals surface area contributed by atoms with Crippen LogP contribution < -0.4 is 10.1 Å². The molecule has 1 fully saturated rings. The topological polar surface area (TPSA) is 122 Å². The van der Waals surface area contributed by atoms with Crippen molar-refractivity contribution in [3.8, 4) is 11.5 Å². The molecular weight excluding hydrogens is 484 g/mol. The van der Waals surface area contributed by atoms with Crippen molar-refractivity contribution in [1.29, 1.82) is 0 Å². The number of nitrogens with zero attached hydrogens (tertiary/aromatic N) is 1. The zero-order chi connectivity index (χ0) is 24.8. The maximum atomic E-state index is 12.7. The number of aromatic hydroxyl groups is 1. The molecule has 2 N–H and O–H groups in total. The lowest BCUT2D eigenvalue weighted by Gasteiger charge is -2.13. The Bertz CT molecular complexity index is 1180. The first-order valence-electron chi connectivity index (χ1n) is 10.1. The van der Waals surface area contributed by atoms with E-state index in [0.717, 1.165) is 4.90 Å². The molecule has 1 aliphatic rings. The largest absolute Gasteiger partial charge is 0.504 e. The number of carbonyl (C=O) groups is 4.